The SMILES string of the molecule is Cc1ccc(NC(=O)C(C)NCc2nccn2C)cc1. The van der Waals surface area contributed by atoms with E-state index in [1.807, 2.05) is 55.9 Å². The number of aromatic nitrogens is 2. The van der Waals surface area contributed by atoms with Crippen molar-refractivity contribution >= 4 is 11.6 Å². The Morgan fingerprint density at radius 1 is 1.35 bits per heavy atom. The van der Waals surface area contributed by atoms with Crippen molar-refractivity contribution in [2.75, 3.05) is 5.32 Å². The van der Waals surface area contributed by atoms with Crippen LogP contribution < -0.4 is 10.6 Å². The van der Waals surface area contributed by atoms with Gasteiger partial charge in [-0.05, 0) is 26.0 Å². The van der Waals surface area contributed by atoms with Gasteiger partial charge in [0.15, 0.2) is 0 Å². The van der Waals surface area contributed by atoms with Crippen LogP contribution in [0.15, 0.2) is 36.7 Å². The number of hydrogen-bond acceptors (Lipinski definition) is 3. The summed E-state index contributed by atoms with van der Waals surface area (Å²) in [4.78, 5) is 16.3. The van der Waals surface area contributed by atoms with Gasteiger partial charge in [0.2, 0.25) is 5.91 Å². The molecule has 20 heavy (non-hydrogen) atoms. The maximum atomic E-state index is 12.0. The van der Waals surface area contributed by atoms with Crippen LogP contribution in [0.4, 0.5) is 5.69 Å². The molecule has 1 aromatic heterocycles. The largest absolute Gasteiger partial charge is 0.337 e. The molecule has 1 unspecified atom stereocenters. The fourth-order valence-corrected chi connectivity index (χ4v) is 1.79. The van der Waals surface area contributed by atoms with Gasteiger partial charge in [0.1, 0.15) is 5.82 Å². The van der Waals surface area contributed by atoms with Gasteiger partial charge >= 0.3 is 0 Å². The molecule has 2 rings (SSSR count). The number of imidazole rings is 1. The third-order valence-electron chi connectivity index (χ3n) is 3.20. The molecule has 0 aliphatic rings. The molecule has 1 aromatic carbocycles. The average Bonchev–Trinajstić information content (AvgIpc) is 2.84. The quantitative estimate of drug-likeness (QED) is 0.873. The van der Waals surface area contributed by atoms with Gasteiger partial charge in [-0.15, -0.1) is 0 Å². The summed E-state index contributed by atoms with van der Waals surface area (Å²) in [5.74, 6) is 0.850. The summed E-state index contributed by atoms with van der Waals surface area (Å²) in [7, 11) is 1.93. The molecule has 5 nitrogen and oxygen atoms in total. The Kier molecular flexibility index (Phi) is 4.53. The number of nitrogens with one attached hydrogen (secondary N) is 2. The van der Waals surface area contributed by atoms with Gasteiger partial charge in [0, 0.05) is 25.1 Å². The number of benzene rings is 1. The molecule has 2 aromatic rings. The van der Waals surface area contributed by atoms with Crippen molar-refractivity contribution in [1.82, 2.24) is 14.9 Å². The van der Waals surface area contributed by atoms with E-state index in [4.69, 9.17) is 0 Å². The smallest absolute Gasteiger partial charge is 0.241 e. The van der Waals surface area contributed by atoms with Crippen molar-refractivity contribution in [2.24, 2.45) is 7.05 Å². The van der Waals surface area contributed by atoms with E-state index < -0.39 is 0 Å². The summed E-state index contributed by atoms with van der Waals surface area (Å²) in [6.45, 7) is 4.42. The molecule has 0 aliphatic heterocycles. The van der Waals surface area contributed by atoms with E-state index in [1.165, 1.54) is 5.56 Å². The molecule has 0 bridgehead atoms. The highest BCUT2D eigenvalue weighted by molar-refractivity contribution is 5.94. The molecule has 0 radical (unpaired) electrons. The summed E-state index contributed by atoms with van der Waals surface area (Å²) in [5, 5.41) is 6.05. The zero-order valence-corrected chi connectivity index (χ0v) is 12.1. The number of carbonyl (C=O) groups excluding carboxylic acids is 1. The second-order valence-corrected chi connectivity index (χ2v) is 4.91. The molecule has 1 heterocycles. The van der Waals surface area contributed by atoms with Crippen LogP contribution in [0.3, 0.4) is 0 Å². The molecular weight excluding hydrogens is 252 g/mol. The van der Waals surface area contributed by atoms with Crippen LogP contribution in [-0.4, -0.2) is 21.5 Å². The maximum Gasteiger partial charge on any atom is 0.241 e. The van der Waals surface area contributed by atoms with Gasteiger partial charge in [-0.25, -0.2) is 4.98 Å². The molecule has 2 N–H and O–H groups in total. The molecular formula is C15H20N4O. The summed E-state index contributed by atoms with van der Waals surface area (Å²) in [5.41, 5.74) is 1.98. The van der Waals surface area contributed by atoms with Gasteiger partial charge in [0.05, 0.1) is 12.6 Å². The van der Waals surface area contributed by atoms with Crippen LogP contribution in [0.2, 0.25) is 0 Å². The Balaban J connectivity index is 1.86. The van der Waals surface area contributed by atoms with Crippen LogP contribution in [0.25, 0.3) is 0 Å². The number of nitrogens with zero attached hydrogens (tertiary/aromatic N) is 2. The first-order valence-electron chi connectivity index (χ1n) is 6.63. The first kappa shape index (κ1) is 14.3. The van der Waals surface area contributed by atoms with E-state index in [0.29, 0.717) is 6.54 Å². The summed E-state index contributed by atoms with van der Waals surface area (Å²) < 4.78 is 1.93. The molecule has 5 heteroatoms. The van der Waals surface area contributed by atoms with Gasteiger partial charge in [0.25, 0.3) is 0 Å². The van der Waals surface area contributed by atoms with Crippen LogP contribution in [0, 0.1) is 6.92 Å². The summed E-state index contributed by atoms with van der Waals surface area (Å²) >= 11 is 0. The number of aryl methyl sites for hydroxylation is 2. The van der Waals surface area contributed by atoms with Gasteiger partial charge < -0.3 is 9.88 Å². The normalized spacial score (nSPS) is 12.2. The Hall–Kier alpha value is -2.14. The molecule has 0 saturated heterocycles. The van der Waals surface area contributed by atoms with Gasteiger partial charge in [-0.1, -0.05) is 17.7 Å². The molecule has 0 saturated carbocycles. The van der Waals surface area contributed by atoms with Crippen LogP contribution in [-0.2, 0) is 18.4 Å². The van der Waals surface area contributed by atoms with Crippen molar-refractivity contribution < 1.29 is 4.79 Å². The van der Waals surface area contributed by atoms with E-state index in [1.54, 1.807) is 6.20 Å². The molecule has 1 atom stereocenters. The maximum absolute atomic E-state index is 12.0. The summed E-state index contributed by atoms with van der Waals surface area (Å²) in [6, 6.07) is 7.47. The molecule has 106 valence electrons. The van der Waals surface area contributed by atoms with Crippen LogP contribution >= 0.6 is 0 Å². The number of amides is 1. The number of anilines is 1. The fraction of sp³-hybridized carbons (Fsp3) is 0.333. The average molecular weight is 272 g/mol. The van der Waals surface area contributed by atoms with Crippen molar-refractivity contribution in [2.45, 2.75) is 26.4 Å². The summed E-state index contributed by atoms with van der Waals surface area (Å²) in [6.07, 6.45) is 3.63. The van der Waals surface area contributed by atoms with Gasteiger partial charge in [-0.2, -0.15) is 0 Å². The highest BCUT2D eigenvalue weighted by atomic mass is 16.2. The minimum absolute atomic E-state index is 0.0527. The van der Waals surface area contributed by atoms with E-state index in [2.05, 4.69) is 15.6 Å². The Morgan fingerprint density at radius 2 is 2.05 bits per heavy atom. The second kappa shape index (κ2) is 6.34. The standard InChI is InChI=1S/C15H20N4O/c1-11-4-6-13(7-5-11)18-15(20)12(2)17-10-14-16-8-9-19(14)3/h4-9,12,17H,10H2,1-3H3,(H,18,20). The molecule has 0 aliphatic carbocycles. The predicted octanol–water partition coefficient (Wildman–Crippen LogP) is 1.85. The van der Waals surface area contributed by atoms with Crippen molar-refractivity contribution in [3.63, 3.8) is 0 Å². The lowest BCUT2D eigenvalue weighted by atomic mass is 10.2. The third-order valence-corrected chi connectivity index (χ3v) is 3.20. The number of carbonyl (C=O) groups is 1. The number of rotatable bonds is 5. The fourth-order valence-electron chi connectivity index (χ4n) is 1.79. The lowest BCUT2D eigenvalue weighted by molar-refractivity contribution is -0.117. The molecule has 1 amide bonds. The van der Waals surface area contributed by atoms with E-state index in [9.17, 15) is 4.79 Å². The van der Waals surface area contributed by atoms with E-state index >= 15 is 0 Å². The monoisotopic (exact) mass is 272 g/mol. The minimum Gasteiger partial charge on any atom is -0.337 e. The molecule has 0 spiro atoms. The van der Waals surface area contributed by atoms with Crippen molar-refractivity contribution in [1.29, 1.82) is 0 Å². The van der Waals surface area contributed by atoms with Crippen LogP contribution in [0.5, 0.6) is 0 Å². The lowest BCUT2D eigenvalue weighted by Crippen LogP contribution is -2.38. The first-order valence-corrected chi connectivity index (χ1v) is 6.63. The Bertz CT molecular complexity index is 574. The zero-order chi connectivity index (χ0) is 14.5. The van der Waals surface area contributed by atoms with Crippen molar-refractivity contribution in [3.8, 4) is 0 Å². The van der Waals surface area contributed by atoms with E-state index in [-0.39, 0.29) is 11.9 Å². The third kappa shape index (κ3) is 3.68. The zero-order valence-electron chi connectivity index (χ0n) is 12.1. The topological polar surface area (TPSA) is 59.0 Å². The predicted molar refractivity (Wildman–Crippen MR) is 79.3 cm³/mol. The Labute approximate surface area is 119 Å². The highest BCUT2D eigenvalue weighted by Gasteiger charge is 2.13. The highest BCUT2D eigenvalue weighted by Crippen LogP contribution is 2.09. The van der Waals surface area contributed by atoms with E-state index in [0.717, 1.165) is 11.5 Å². The van der Waals surface area contributed by atoms with Gasteiger partial charge in [-0.3, -0.25) is 10.1 Å². The van der Waals surface area contributed by atoms with Crippen molar-refractivity contribution in [3.05, 3.63) is 48.0 Å². The Morgan fingerprint density at radius 3 is 2.65 bits per heavy atom. The minimum atomic E-state index is -0.284. The number of hydrogen-bond donors (Lipinski definition) is 2. The first-order chi connectivity index (χ1) is 9.56. The lowest BCUT2D eigenvalue weighted by Gasteiger charge is -2.14. The van der Waals surface area contributed by atoms with Crippen LogP contribution in [0.1, 0.15) is 18.3 Å². The molecule has 0 fully saturated rings. The second-order valence-electron chi connectivity index (χ2n) is 4.91.